The number of carbonyl (C=O) groups excluding carboxylic acids is 1. The van der Waals surface area contributed by atoms with Crippen LogP contribution in [0.15, 0.2) is 6.20 Å². The summed E-state index contributed by atoms with van der Waals surface area (Å²) in [6.45, 7) is -0.416. The van der Waals surface area contributed by atoms with E-state index in [0.29, 0.717) is 0 Å². The number of hydrogen-bond donors (Lipinski definition) is 2. The standard InChI is InChI=1S/C8H11F3N4O/c1-15(3-2-8(9,10)11)7(16)6-5(12)4-13-14-6/h4H,2-3,12H2,1H3,(H,13,14). The Hall–Kier alpha value is -1.73. The molecule has 0 atom stereocenters. The van der Waals surface area contributed by atoms with Crippen molar-refractivity contribution in [2.45, 2.75) is 12.6 Å². The Kier molecular flexibility index (Phi) is 3.41. The summed E-state index contributed by atoms with van der Waals surface area (Å²) in [5.74, 6) is -0.612. The van der Waals surface area contributed by atoms with Gasteiger partial charge in [0.2, 0.25) is 0 Å². The zero-order valence-electron chi connectivity index (χ0n) is 8.51. The number of halogens is 3. The summed E-state index contributed by atoms with van der Waals surface area (Å²) in [5, 5.41) is 5.85. The molecule has 0 radical (unpaired) electrons. The quantitative estimate of drug-likeness (QED) is 0.822. The largest absolute Gasteiger partial charge is 0.396 e. The lowest BCUT2D eigenvalue weighted by molar-refractivity contribution is -0.136. The first-order chi connectivity index (χ1) is 7.31. The first kappa shape index (κ1) is 12.3. The Morgan fingerprint density at radius 3 is 2.69 bits per heavy atom. The van der Waals surface area contributed by atoms with Crippen molar-refractivity contribution in [3.05, 3.63) is 11.9 Å². The highest BCUT2D eigenvalue weighted by Gasteiger charge is 2.28. The summed E-state index contributed by atoms with van der Waals surface area (Å²) >= 11 is 0. The van der Waals surface area contributed by atoms with Gasteiger partial charge in [0.15, 0.2) is 0 Å². The van der Waals surface area contributed by atoms with Crippen molar-refractivity contribution in [1.29, 1.82) is 0 Å². The number of nitrogens with zero attached hydrogens (tertiary/aromatic N) is 2. The molecule has 0 bridgehead atoms. The van der Waals surface area contributed by atoms with Gasteiger partial charge in [-0.2, -0.15) is 18.3 Å². The van der Waals surface area contributed by atoms with E-state index in [9.17, 15) is 18.0 Å². The molecule has 1 amide bonds. The number of nitrogens with two attached hydrogens (primary N) is 1. The molecule has 1 rings (SSSR count). The molecular formula is C8H11F3N4O. The highest BCUT2D eigenvalue weighted by Crippen LogP contribution is 2.20. The van der Waals surface area contributed by atoms with Crippen molar-refractivity contribution in [3.63, 3.8) is 0 Å². The molecule has 0 spiro atoms. The third kappa shape index (κ3) is 3.14. The van der Waals surface area contributed by atoms with Crippen molar-refractivity contribution in [1.82, 2.24) is 15.1 Å². The van der Waals surface area contributed by atoms with Crippen molar-refractivity contribution in [3.8, 4) is 0 Å². The normalized spacial score (nSPS) is 11.5. The van der Waals surface area contributed by atoms with E-state index in [1.54, 1.807) is 0 Å². The summed E-state index contributed by atoms with van der Waals surface area (Å²) < 4.78 is 35.8. The number of rotatable bonds is 3. The van der Waals surface area contributed by atoms with E-state index < -0.39 is 25.0 Å². The minimum absolute atomic E-state index is 0.00433. The van der Waals surface area contributed by atoms with Crippen LogP contribution in [0.25, 0.3) is 0 Å². The lowest BCUT2D eigenvalue weighted by atomic mass is 10.3. The molecule has 1 aromatic heterocycles. The minimum atomic E-state index is -4.28. The molecule has 0 aromatic carbocycles. The average molecular weight is 236 g/mol. The van der Waals surface area contributed by atoms with E-state index in [4.69, 9.17) is 5.73 Å². The van der Waals surface area contributed by atoms with Gasteiger partial charge in [0.1, 0.15) is 5.69 Å². The van der Waals surface area contributed by atoms with E-state index >= 15 is 0 Å². The third-order valence-electron chi connectivity index (χ3n) is 1.96. The second-order valence-corrected chi connectivity index (χ2v) is 3.29. The van der Waals surface area contributed by atoms with Gasteiger partial charge in [-0.1, -0.05) is 0 Å². The van der Waals surface area contributed by atoms with Crippen molar-refractivity contribution in [2.75, 3.05) is 19.3 Å². The Bertz CT molecular complexity index is 374. The molecule has 1 aromatic rings. The molecule has 5 nitrogen and oxygen atoms in total. The molecular weight excluding hydrogens is 225 g/mol. The Balaban J connectivity index is 2.59. The molecule has 0 aliphatic rings. The molecule has 0 saturated heterocycles. The highest BCUT2D eigenvalue weighted by molar-refractivity contribution is 5.96. The fraction of sp³-hybridized carbons (Fsp3) is 0.500. The lowest BCUT2D eigenvalue weighted by Gasteiger charge is -2.17. The Morgan fingerprint density at radius 1 is 1.62 bits per heavy atom. The predicted octanol–water partition coefficient (Wildman–Crippen LogP) is 1.02. The van der Waals surface area contributed by atoms with Gasteiger partial charge in [-0.15, -0.1) is 0 Å². The van der Waals surface area contributed by atoms with Crippen LogP contribution in [0.1, 0.15) is 16.9 Å². The summed E-state index contributed by atoms with van der Waals surface area (Å²) in [7, 11) is 1.27. The number of amides is 1. The van der Waals surface area contributed by atoms with Gasteiger partial charge in [0.05, 0.1) is 18.3 Å². The molecule has 0 fully saturated rings. The maximum absolute atomic E-state index is 11.9. The number of aromatic nitrogens is 2. The van der Waals surface area contributed by atoms with Crippen molar-refractivity contribution in [2.24, 2.45) is 0 Å². The van der Waals surface area contributed by atoms with Gasteiger partial charge in [0.25, 0.3) is 5.91 Å². The van der Waals surface area contributed by atoms with E-state index in [-0.39, 0.29) is 11.4 Å². The zero-order valence-corrected chi connectivity index (χ0v) is 8.51. The van der Waals surface area contributed by atoms with Crippen molar-refractivity contribution < 1.29 is 18.0 Å². The van der Waals surface area contributed by atoms with Gasteiger partial charge in [0, 0.05) is 13.6 Å². The molecule has 0 unspecified atom stereocenters. The van der Waals surface area contributed by atoms with Gasteiger partial charge in [-0.3, -0.25) is 9.89 Å². The van der Waals surface area contributed by atoms with Crippen LogP contribution in [-0.2, 0) is 0 Å². The number of carbonyl (C=O) groups is 1. The summed E-state index contributed by atoms with van der Waals surface area (Å²) in [5.41, 5.74) is 5.52. The number of H-pyrrole nitrogens is 1. The van der Waals surface area contributed by atoms with Crippen LogP contribution in [0.3, 0.4) is 0 Å². The average Bonchev–Trinajstić information content (AvgIpc) is 2.58. The van der Waals surface area contributed by atoms with E-state index in [1.807, 2.05) is 0 Å². The van der Waals surface area contributed by atoms with E-state index in [0.717, 1.165) is 4.90 Å². The molecule has 0 saturated carbocycles. The monoisotopic (exact) mass is 236 g/mol. The second-order valence-electron chi connectivity index (χ2n) is 3.29. The highest BCUT2D eigenvalue weighted by atomic mass is 19.4. The predicted molar refractivity (Wildman–Crippen MR) is 50.6 cm³/mol. The first-order valence-corrected chi connectivity index (χ1v) is 4.42. The number of anilines is 1. The summed E-state index contributed by atoms with van der Waals surface area (Å²) in [4.78, 5) is 12.5. The molecule has 0 aliphatic heterocycles. The minimum Gasteiger partial charge on any atom is -0.396 e. The number of aromatic amines is 1. The van der Waals surface area contributed by atoms with Crippen LogP contribution in [-0.4, -0.2) is 40.8 Å². The van der Waals surface area contributed by atoms with Crippen LogP contribution >= 0.6 is 0 Å². The summed E-state index contributed by atoms with van der Waals surface area (Å²) in [6.07, 6.45) is -4.11. The van der Waals surface area contributed by atoms with E-state index in [1.165, 1.54) is 13.2 Å². The van der Waals surface area contributed by atoms with Crippen LogP contribution < -0.4 is 5.73 Å². The Morgan fingerprint density at radius 2 is 2.25 bits per heavy atom. The molecule has 1 heterocycles. The fourth-order valence-electron chi connectivity index (χ4n) is 1.05. The number of hydrogen-bond acceptors (Lipinski definition) is 3. The van der Waals surface area contributed by atoms with Gasteiger partial charge < -0.3 is 10.6 Å². The van der Waals surface area contributed by atoms with Crippen LogP contribution in [0.5, 0.6) is 0 Å². The van der Waals surface area contributed by atoms with Crippen LogP contribution in [0.2, 0.25) is 0 Å². The third-order valence-corrected chi connectivity index (χ3v) is 1.96. The van der Waals surface area contributed by atoms with Crippen LogP contribution in [0.4, 0.5) is 18.9 Å². The smallest absolute Gasteiger partial charge is 0.390 e. The van der Waals surface area contributed by atoms with Crippen LogP contribution in [0, 0.1) is 0 Å². The molecule has 8 heteroatoms. The summed E-state index contributed by atoms with van der Waals surface area (Å²) in [6, 6.07) is 0. The van der Waals surface area contributed by atoms with Crippen molar-refractivity contribution >= 4 is 11.6 Å². The first-order valence-electron chi connectivity index (χ1n) is 4.42. The van der Waals surface area contributed by atoms with E-state index in [2.05, 4.69) is 10.2 Å². The SMILES string of the molecule is CN(CCC(F)(F)F)C(=O)c1[nH]ncc1N. The topological polar surface area (TPSA) is 75.0 Å². The van der Waals surface area contributed by atoms with Gasteiger partial charge >= 0.3 is 6.18 Å². The fourth-order valence-corrected chi connectivity index (χ4v) is 1.05. The Labute approximate surface area is 89.4 Å². The number of nitrogens with one attached hydrogen (secondary N) is 1. The molecule has 0 aliphatic carbocycles. The maximum Gasteiger partial charge on any atom is 0.390 e. The zero-order chi connectivity index (χ0) is 12.3. The molecule has 16 heavy (non-hydrogen) atoms. The number of alkyl halides is 3. The maximum atomic E-state index is 11.9. The second kappa shape index (κ2) is 4.42. The van der Waals surface area contributed by atoms with Gasteiger partial charge in [-0.05, 0) is 0 Å². The number of nitrogen functional groups attached to an aromatic ring is 1. The van der Waals surface area contributed by atoms with Gasteiger partial charge in [-0.25, -0.2) is 0 Å². The lowest BCUT2D eigenvalue weighted by Crippen LogP contribution is -2.31. The molecule has 3 N–H and O–H groups in total. The molecule has 90 valence electrons.